The first-order valence-corrected chi connectivity index (χ1v) is 28.6. The Kier molecular flexibility index (Phi) is 12.3. The second-order valence-electron chi connectivity index (χ2n) is 28.9. The quantitative estimate of drug-likeness (QED) is 0.151. The largest absolute Gasteiger partial charge is 0.309 e. The number of nitrogens with zero attached hydrogens (tertiary/aromatic N) is 2. The lowest BCUT2D eigenvalue weighted by Crippen LogP contribution is -2.19. The molecule has 0 aliphatic carbocycles. The standard InChI is InChI=1S/C76H82N2/c1-71(2,3)52-29-36-66-62(45-52)63-46-53(72(4,5)6)30-37-67(63)78(66)65-35-28-49-24-32-60-64(34-27-48-25-33-61(65)70(49)69(48)60)77(58-43-56(75(13,14)15)42-57(44-58)76(16,17)18)68-40-50(26-31-59(68)47-22-20-19-21-23-47)51-38-54(73(7,8)9)41-55(39-51)74(10,11)12/h19-46H,1-18H3. The van der Waals surface area contributed by atoms with Crippen LogP contribution in [0.1, 0.15) is 158 Å². The second kappa shape index (κ2) is 18.2. The maximum absolute atomic E-state index is 2.62. The van der Waals surface area contributed by atoms with Crippen molar-refractivity contribution >= 4 is 71.2 Å². The first-order valence-electron chi connectivity index (χ1n) is 28.6. The molecule has 0 atom stereocenters. The van der Waals surface area contributed by atoms with Gasteiger partial charge in [-0.1, -0.05) is 240 Å². The molecule has 2 heteroatoms. The summed E-state index contributed by atoms with van der Waals surface area (Å²) in [5, 5.41) is 10.1. The molecular weight excluding hydrogens is 941 g/mol. The number of hydrogen-bond acceptors (Lipinski definition) is 1. The molecule has 11 aromatic rings. The van der Waals surface area contributed by atoms with Crippen molar-refractivity contribution < 1.29 is 0 Å². The monoisotopic (exact) mass is 1020 g/mol. The molecule has 0 saturated heterocycles. The van der Waals surface area contributed by atoms with Crippen molar-refractivity contribution in [2.24, 2.45) is 0 Å². The molecule has 78 heavy (non-hydrogen) atoms. The number of anilines is 3. The number of fused-ring (bicyclic) bond motifs is 3. The third kappa shape index (κ3) is 9.37. The summed E-state index contributed by atoms with van der Waals surface area (Å²) in [6.07, 6.45) is 0. The van der Waals surface area contributed by atoms with Crippen molar-refractivity contribution in [1.82, 2.24) is 4.57 Å². The predicted molar refractivity (Wildman–Crippen MR) is 342 cm³/mol. The van der Waals surface area contributed by atoms with Crippen LogP contribution in [0.25, 0.3) is 82.1 Å². The molecule has 2 nitrogen and oxygen atoms in total. The van der Waals surface area contributed by atoms with Gasteiger partial charge in [-0.05, 0) is 159 Å². The Balaban J connectivity index is 1.24. The van der Waals surface area contributed by atoms with Crippen LogP contribution in [0, 0.1) is 0 Å². The summed E-state index contributed by atoms with van der Waals surface area (Å²) in [4.78, 5) is 2.62. The van der Waals surface area contributed by atoms with E-state index in [4.69, 9.17) is 0 Å². The molecular formula is C76H82N2. The fourth-order valence-corrected chi connectivity index (χ4v) is 11.8. The highest BCUT2D eigenvalue weighted by Gasteiger charge is 2.29. The molecule has 396 valence electrons. The molecule has 0 spiro atoms. The zero-order valence-electron chi connectivity index (χ0n) is 50.1. The SMILES string of the molecule is CC(C)(C)c1cc(-c2ccc(-c3ccccc3)c(N(c3cc(C(C)(C)C)cc(C(C)(C)C)c3)c3ccc4ccc5c(-n6c7ccc(C(C)(C)C)cc7c7cc(C(C)(C)C)ccc76)ccc6ccc3c4c65)c2)cc(C(C)(C)C)c1. The first kappa shape index (κ1) is 52.9. The Hall–Kier alpha value is -7.16. The minimum atomic E-state index is -0.100. The van der Waals surface area contributed by atoms with Crippen molar-refractivity contribution in [1.29, 1.82) is 0 Å². The first-order chi connectivity index (χ1) is 36.4. The van der Waals surface area contributed by atoms with E-state index in [-0.39, 0.29) is 32.5 Å². The maximum Gasteiger partial charge on any atom is 0.0546 e. The number of hydrogen-bond donors (Lipinski definition) is 0. The average Bonchev–Trinajstić information content (AvgIpc) is 3.92. The topological polar surface area (TPSA) is 8.17 Å². The molecule has 0 aliphatic rings. The molecule has 1 heterocycles. The van der Waals surface area contributed by atoms with Crippen LogP contribution in [0.3, 0.4) is 0 Å². The average molecular weight is 1020 g/mol. The minimum Gasteiger partial charge on any atom is -0.309 e. The highest BCUT2D eigenvalue weighted by Crippen LogP contribution is 2.51. The van der Waals surface area contributed by atoms with Gasteiger partial charge < -0.3 is 9.47 Å². The van der Waals surface area contributed by atoms with E-state index in [0.717, 1.165) is 17.1 Å². The van der Waals surface area contributed by atoms with Crippen molar-refractivity contribution in [2.75, 3.05) is 4.90 Å². The van der Waals surface area contributed by atoms with Crippen molar-refractivity contribution in [3.63, 3.8) is 0 Å². The molecule has 0 aliphatic heterocycles. The molecule has 0 N–H and O–H groups in total. The molecule has 0 bridgehead atoms. The predicted octanol–water partition coefficient (Wildman–Crippen LogP) is 22.3. The lowest BCUT2D eigenvalue weighted by molar-refractivity contribution is 0.568. The molecule has 1 aromatic heterocycles. The minimum absolute atomic E-state index is 0.0154. The molecule has 0 saturated carbocycles. The molecule has 0 radical (unpaired) electrons. The summed E-state index contributed by atoms with van der Waals surface area (Å²) in [5.41, 5.74) is 19.7. The summed E-state index contributed by atoms with van der Waals surface area (Å²) >= 11 is 0. The van der Waals surface area contributed by atoms with Gasteiger partial charge in [0.05, 0.1) is 28.1 Å². The number of benzene rings is 10. The smallest absolute Gasteiger partial charge is 0.0546 e. The third-order valence-corrected chi connectivity index (χ3v) is 16.8. The lowest BCUT2D eigenvalue weighted by Gasteiger charge is -2.33. The van der Waals surface area contributed by atoms with Gasteiger partial charge in [-0.25, -0.2) is 0 Å². The van der Waals surface area contributed by atoms with Crippen LogP contribution in [-0.4, -0.2) is 4.57 Å². The zero-order valence-corrected chi connectivity index (χ0v) is 50.1. The summed E-state index contributed by atoms with van der Waals surface area (Å²) in [5.74, 6) is 0. The highest BCUT2D eigenvalue weighted by atomic mass is 15.1. The van der Waals surface area contributed by atoms with Crippen molar-refractivity contribution in [3.8, 4) is 27.9 Å². The van der Waals surface area contributed by atoms with E-state index in [9.17, 15) is 0 Å². The van der Waals surface area contributed by atoms with Gasteiger partial charge in [0.2, 0.25) is 0 Å². The Labute approximate surface area is 466 Å². The third-order valence-electron chi connectivity index (χ3n) is 16.8. The van der Waals surface area contributed by atoms with E-state index in [2.05, 4.69) is 304 Å². The Morgan fingerprint density at radius 3 is 1.24 bits per heavy atom. The van der Waals surface area contributed by atoms with Crippen LogP contribution in [0.4, 0.5) is 17.1 Å². The summed E-state index contributed by atoms with van der Waals surface area (Å²) in [7, 11) is 0. The van der Waals surface area contributed by atoms with Crippen LogP contribution >= 0.6 is 0 Å². The number of aromatic nitrogens is 1. The molecule has 0 unspecified atom stereocenters. The van der Waals surface area contributed by atoms with Crippen molar-refractivity contribution in [3.05, 3.63) is 203 Å². The lowest BCUT2D eigenvalue weighted by atomic mass is 9.78. The van der Waals surface area contributed by atoms with Gasteiger partial charge in [0.1, 0.15) is 0 Å². The Bertz CT molecular complexity index is 3980. The molecule has 11 rings (SSSR count). The number of rotatable bonds is 6. The van der Waals surface area contributed by atoms with E-state index >= 15 is 0 Å². The molecule has 0 fully saturated rings. The van der Waals surface area contributed by atoms with Gasteiger partial charge in [-0.15, -0.1) is 0 Å². The van der Waals surface area contributed by atoms with Crippen LogP contribution < -0.4 is 4.90 Å². The van der Waals surface area contributed by atoms with Gasteiger partial charge in [-0.2, -0.15) is 0 Å². The van der Waals surface area contributed by atoms with Crippen LogP contribution in [0.2, 0.25) is 0 Å². The summed E-state index contributed by atoms with van der Waals surface area (Å²) in [6, 6.07) is 66.4. The fourth-order valence-electron chi connectivity index (χ4n) is 11.8. The molecule has 0 amide bonds. The highest BCUT2D eigenvalue weighted by molar-refractivity contribution is 6.27. The van der Waals surface area contributed by atoms with Gasteiger partial charge in [0.25, 0.3) is 0 Å². The fraction of sp³-hybridized carbons (Fsp3) is 0.316. The van der Waals surface area contributed by atoms with E-state index < -0.39 is 0 Å². The zero-order chi connectivity index (χ0) is 55.8. The van der Waals surface area contributed by atoms with Gasteiger partial charge >= 0.3 is 0 Å². The van der Waals surface area contributed by atoms with Gasteiger partial charge in [0.15, 0.2) is 0 Å². The van der Waals surface area contributed by atoms with Gasteiger partial charge in [-0.3, -0.25) is 0 Å². The molecule has 10 aromatic carbocycles. The normalized spacial score (nSPS) is 13.3. The van der Waals surface area contributed by atoms with Crippen LogP contribution in [-0.2, 0) is 32.5 Å². The van der Waals surface area contributed by atoms with Crippen molar-refractivity contribution in [2.45, 2.75) is 157 Å². The van der Waals surface area contributed by atoms with Crippen LogP contribution in [0.15, 0.2) is 170 Å². The Morgan fingerprint density at radius 2 is 0.744 bits per heavy atom. The second-order valence-corrected chi connectivity index (χ2v) is 28.9. The Morgan fingerprint density at radius 1 is 0.295 bits per heavy atom. The summed E-state index contributed by atoms with van der Waals surface area (Å²) < 4.78 is 2.55. The summed E-state index contributed by atoms with van der Waals surface area (Å²) in [6.45, 7) is 42.1. The van der Waals surface area contributed by atoms with Crippen LogP contribution in [0.5, 0.6) is 0 Å². The van der Waals surface area contributed by atoms with Gasteiger partial charge in [0, 0.05) is 32.8 Å². The van der Waals surface area contributed by atoms with E-state index in [1.807, 2.05) is 0 Å². The van der Waals surface area contributed by atoms with E-state index in [1.54, 1.807) is 0 Å². The maximum atomic E-state index is 2.62. The van der Waals surface area contributed by atoms with E-state index in [0.29, 0.717) is 0 Å². The van der Waals surface area contributed by atoms with E-state index in [1.165, 1.54) is 115 Å².